The summed E-state index contributed by atoms with van der Waals surface area (Å²) >= 11 is 0. The van der Waals surface area contributed by atoms with Gasteiger partial charge < -0.3 is 26.8 Å². The van der Waals surface area contributed by atoms with Gasteiger partial charge >= 0.3 is 0 Å². The molecule has 0 fully saturated rings. The quantitative estimate of drug-likeness (QED) is 0.442. The van der Waals surface area contributed by atoms with E-state index < -0.39 is 18.1 Å². The molecule has 0 aliphatic rings. The van der Waals surface area contributed by atoms with Crippen molar-refractivity contribution in [2.75, 3.05) is 6.54 Å². The van der Waals surface area contributed by atoms with E-state index in [-0.39, 0.29) is 23.4 Å². The van der Waals surface area contributed by atoms with Crippen molar-refractivity contribution >= 4 is 5.91 Å². The molecule has 2 atom stereocenters. The predicted octanol–water partition coefficient (Wildman–Crippen LogP) is -1.16. The highest BCUT2D eigenvalue weighted by molar-refractivity contribution is 5.95. The number of rotatable bonds is 4. The molecular formula is C10H14N2O4. The van der Waals surface area contributed by atoms with Crippen molar-refractivity contribution in [3.63, 3.8) is 0 Å². The molecule has 0 aliphatic heterocycles. The molecule has 1 aromatic rings. The minimum absolute atomic E-state index is 0.110. The molecule has 16 heavy (non-hydrogen) atoms. The smallest absolute Gasteiger partial charge is 0.252 e. The molecule has 6 heteroatoms. The van der Waals surface area contributed by atoms with Crippen LogP contribution in [0.5, 0.6) is 5.75 Å². The van der Waals surface area contributed by atoms with E-state index in [2.05, 4.69) is 0 Å². The van der Waals surface area contributed by atoms with Crippen molar-refractivity contribution in [1.29, 1.82) is 0 Å². The summed E-state index contributed by atoms with van der Waals surface area (Å²) in [6, 6.07) is 3.83. The summed E-state index contributed by atoms with van der Waals surface area (Å²) in [5.41, 5.74) is 10.4. The Morgan fingerprint density at radius 2 is 2.00 bits per heavy atom. The molecule has 0 heterocycles. The molecule has 0 aromatic heterocycles. The number of primary amides is 1. The van der Waals surface area contributed by atoms with E-state index in [0.29, 0.717) is 0 Å². The molecule has 0 saturated carbocycles. The SMILES string of the molecule is NCC(O)C(O)c1ccc(O)c(C(N)=O)c1. The van der Waals surface area contributed by atoms with Gasteiger partial charge in [-0.15, -0.1) is 0 Å². The van der Waals surface area contributed by atoms with E-state index in [4.69, 9.17) is 11.5 Å². The first-order valence-electron chi connectivity index (χ1n) is 4.66. The Hall–Kier alpha value is -1.63. The van der Waals surface area contributed by atoms with Crippen LogP contribution in [0.15, 0.2) is 18.2 Å². The summed E-state index contributed by atoms with van der Waals surface area (Å²) in [5.74, 6) is -1.08. The van der Waals surface area contributed by atoms with Crippen LogP contribution >= 0.6 is 0 Å². The third-order valence-electron chi connectivity index (χ3n) is 2.23. The molecule has 1 aromatic carbocycles. The van der Waals surface area contributed by atoms with Crippen molar-refractivity contribution in [2.24, 2.45) is 11.5 Å². The Morgan fingerprint density at radius 1 is 1.38 bits per heavy atom. The van der Waals surface area contributed by atoms with Crippen LogP contribution in [0.1, 0.15) is 22.0 Å². The number of phenols is 1. The summed E-state index contributed by atoms with van der Waals surface area (Å²) in [4.78, 5) is 10.9. The molecule has 6 nitrogen and oxygen atoms in total. The zero-order valence-electron chi connectivity index (χ0n) is 8.50. The van der Waals surface area contributed by atoms with E-state index >= 15 is 0 Å². The summed E-state index contributed by atoms with van der Waals surface area (Å²) < 4.78 is 0. The zero-order chi connectivity index (χ0) is 12.3. The average molecular weight is 226 g/mol. The summed E-state index contributed by atoms with van der Waals surface area (Å²) in [6.07, 6.45) is -2.35. The molecule has 0 saturated heterocycles. The molecule has 2 unspecified atom stereocenters. The number of aliphatic hydroxyl groups excluding tert-OH is 2. The molecular weight excluding hydrogens is 212 g/mol. The lowest BCUT2D eigenvalue weighted by Crippen LogP contribution is -2.27. The zero-order valence-corrected chi connectivity index (χ0v) is 8.50. The van der Waals surface area contributed by atoms with Gasteiger partial charge in [0.1, 0.15) is 11.9 Å². The van der Waals surface area contributed by atoms with Gasteiger partial charge in [-0.2, -0.15) is 0 Å². The van der Waals surface area contributed by atoms with Crippen molar-refractivity contribution in [2.45, 2.75) is 12.2 Å². The van der Waals surface area contributed by atoms with Crippen LogP contribution in [0, 0.1) is 0 Å². The maximum atomic E-state index is 10.9. The number of carbonyl (C=O) groups excluding carboxylic acids is 1. The highest BCUT2D eigenvalue weighted by atomic mass is 16.3. The van der Waals surface area contributed by atoms with Crippen molar-refractivity contribution in [3.8, 4) is 5.75 Å². The summed E-state index contributed by atoms with van der Waals surface area (Å²) in [6.45, 7) is -0.117. The lowest BCUT2D eigenvalue weighted by Gasteiger charge is -2.17. The van der Waals surface area contributed by atoms with E-state index in [1.807, 2.05) is 0 Å². The van der Waals surface area contributed by atoms with Gasteiger partial charge in [0.2, 0.25) is 0 Å². The molecule has 0 spiro atoms. The normalized spacial score (nSPS) is 14.4. The second kappa shape index (κ2) is 4.93. The minimum Gasteiger partial charge on any atom is -0.507 e. The van der Waals surface area contributed by atoms with Gasteiger partial charge in [-0.3, -0.25) is 4.79 Å². The summed E-state index contributed by atoms with van der Waals surface area (Å²) in [5, 5.41) is 28.3. The van der Waals surface area contributed by atoms with Crippen LogP contribution in [0.2, 0.25) is 0 Å². The number of aliphatic hydroxyl groups is 2. The van der Waals surface area contributed by atoms with E-state index in [1.165, 1.54) is 18.2 Å². The number of benzene rings is 1. The fourth-order valence-corrected chi connectivity index (χ4v) is 1.29. The summed E-state index contributed by atoms with van der Waals surface area (Å²) in [7, 11) is 0. The average Bonchev–Trinajstić information content (AvgIpc) is 2.27. The highest BCUT2D eigenvalue weighted by Crippen LogP contribution is 2.23. The Morgan fingerprint density at radius 3 is 2.50 bits per heavy atom. The molecule has 88 valence electrons. The van der Waals surface area contributed by atoms with Gasteiger partial charge in [0, 0.05) is 6.54 Å². The van der Waals surface area contributed by atoms with Crippen molar-refractivity contribution < 1.29 is 20.1 Å². The number of nitrogens with two attached hydrogens (primary N) is 2. The number of carbonyl (C=O) groups is 1. The van der Waals surface area contributed by atoms with E-state index in [1.54, 1.807) is 0 Å². The van der Waals surface area contributed by atoms with Crippen molar-refractivity contribution in [3.05, 3.63) is 29.3 Å². The third-order valence-corrected chi connectivity index (χ3v) is 2.23. The lowest BCUT2D eigenvalue weighted by molar-refractivity contribution is 0.0243. The fraction of sp³-hybridized carbons (Fsp3) is 0.300. The largest absolute Gasteiger partial charge is 0.507 e. The Kier molecular flexibility index (Phi) is 3.83. The predicted molar refractivity (Wildman–Crippen MR) is 56.6 cm³/mol. The van der Waals surface area contributed by atoms with Gasteiger partial charge in [0.25, 0.3) is 5.91 Å². The van der Waals surface area contributed by atoms with Gasteiger partial charge in [-0.1, -0.05) is 6.07 Å². The molecule has 0 aliphatic carbocycles. The first-order chi connectivity index (χ1) is 7.47. The van der Waals surface area contributed by atoms with E-state index in [9.17, 15) is 20.1 Å². The number of hydrogen-bond donors (Lipinski definition) is 5. The van der Waals surface area contributed by atoms with Crippen LogP contribution in [-0.4, -0.2) is 33.9 Å². The Bertz CT molecular complexity index is 394. The Balaban J connectivity index is 3.07. The van der Waals surface area contributed by atoms with Crippen LogP contribution < -0.4 is 11.5 Å². The molecule has 0 radical (unpaired) electrons. The van der Waals surface area contributed by atoms with Gasteiger partial charge in [0.05, 0.1) is 11.7 Å². The third kappa shape index (κ3) is 2.48. The first kappa shape index (κ1) is 12.4. The number of amides is 1. The fourth-order valence-electron chi connectivity index (χ4n) is 1.29. The van der Waals surface area contributed by atoms with Gasteiger partial charge in [-0.05, 0) is 17.7 Å². The maximum absolute atomic E-state index is 10.9. The van der Waals surface area contributed by atoms with Crippen LogP contribution in [0.25, 0.3) is 0 Å². The van der Waals surface area contributed by atoms with Crippen LogP contribution in [0.4, 0.5) is 0 Å². The second-order valence-electron chi connectivity index (χ2n) is 3.39. The van der Waals surface area contributed by atoms with Crippen molar-refractivity contribution in [1.82, 2.24) is 0 Å². The van der Waals surface area contributed by atoms with E-state index in [0.717, 1.165) is 0 Å². The number of hydrogen-bond acceptors (Lipinski definition) is 5. The molecule has 1 rings (SSSR count). The maximum Gasteiger partial charge on any atom is 0.252 e. The second-order valence-corrected chi connectivity index (χ2v) is 3.39. The Labute approximate surface area is 92.1 Å². The standard InChI is InChI=1S/C10H14N2O4/c11-4-8(14)9(15)5-1-2-7(13)6(3-5)10(12)16/h1-3,8-9,13-15H,4,11H2,(H2,12,16). The molecule has 1 amide bonds. The van der Waals surface area contributed by atoms with Crippen LogP contribution in [-0.2, 0) is 0 Å². The van der Waals surface area contributed by atoms with Gasteiger partial charge in [-0.25, -0.2) is 0 Å². The lowest BCUT2D eigenvalue weighted by atomic mass is 10.0. The number of aromatic hydroxyl groups is 1. The topological polar surface area (TPSA) is 130 Å². The molecule has 7 N–H and O–H groups in total. The van der Waals surface area contributed by atoms with Crippen LogP contribution in [0.3, 0.4) is 0 Å². The van der Waals surface area contributed by atoms with Gasteiger partial charge in [0.15, 0.2) is 0 Å². The molecule has 0 bridgehead atoms. The first-order valence-corrected chi connectivity index (χ1v) is 4.66. The monoisotopic (exact) mass is 226 g/mol. The minimum atomic E-state index is -1.22. The highest BCUT2D eigenvalue weighted by Gasteiger charge is 2.19.